The zero-order valence-corrected chi connectivity index (χ0v) is 11.3. The number of ketones is 1. The van der Waals surface area contributed by atoms with Crippen molar-refractivity contribution in [2.24, 2.45) is 0 Å². The molecular formula is C15H21N3O. The molecule has 0 amide bonds. The normalized spacial score (nSPS) is 24.3. The molecule has 1 aromatic rings. The van der Waals surface area contributed by atoms with E-state index in [4.69, 9.17) is 0 Å². The smallest absolute Gasteiger partial charge is 0.133 e. The van der Waals surface area contributed by atoms with Crippen LogP contribution in [0.4, 0.5) is 0 Å². The first-order valence-electron chi connectivity index (χ1n) is 7.20. The maximum atomic E-state index is 11.6. The SMILES string of the molecule is O=C1CCC(c2ccccn2)(N2CCNCC2)CC1. The topological polar surface area (TPSA) is 45.2 Å². The third-order valence-electron chi connectivity index (χ3n) is 4.50. The Morgan fingerprint density at radius 1 is 1.16 bits per heavy atom. The maximum absolute atomic E-state index is 11.6. The molecule has 2 heterocycles. The van der Waals surface area contributed by atoms with E-state index >= 15 is 0 Å². The van der Waals surface area contributed by atoms with E-state index in [1.165, 1.54) is 0 Å². The molecule has 0 aromatic carbocycles. The van der Waals surface area contributed by atoms with Gasteiger partial charge in [-0.1, -0.05) is 6.07 Å². The van der Waals surface area contributed by atoms with Crippen LogP contribution < -0.4 is 5.32 Å². The lowest BCUT2D eigenvalue weighted by Gasteiger charge is -2.47. The van der Waals surface area contributed by atoms with Crippen molar-refractivity contribution < 1.29 is 4.79 Å². The minimum absolute atomic E-state index is 0.0166. The second-order valence-corrected chi connectivity index (χ2v) is 5.52. The molecule has 2 fully saturated rings. The summed E-state index contributed by atoms with van der Waals surface area (Å²) in [5.41, 5.74) is 1.13. The van der Waals surface area contributed by atoms with Crippen LogP contribution in [0.25, 0.3) is 0 Å². The second-order valence-electron chi connectivity index (χ2n) is 5.52. The Morgan fingerprint density at radius 2 is 1.89 bits per heavy atom. The summed E-state index contributed by atoms with van der Waals surface area (Å²) in [6, 6.07) is 6.14. The predicted molar refractivity (Wildman–Crippen MR) is 73.8 cm³/mol. The maximum Gasteiger partial charge on any atom is 0.133 e. The average molecular weight is 259 g/mol. The highest BCUT2D eigenvalue weighted by atomic mass is 16.1. The summed E-state index contributed by atoms with van der Waals surface area (Å²) < 4.78 is 0. The Morgan fingerprint density at radius 3 is 2.53 bits per heavy atom. The third kappa shape index (κ3) is 2.42. The zero-order chi connectivity index (χ0) is 13.1. The number of Topliss-reactive ketones (excluding diaryl/α,β-unsaturated/α-hetero) is 1. The fourth-order valence-corrected chi connectivity index (χ4v) is 3.41. The van der Waals surface area contributed by atoms with E-state index in [1.54, 1.807) is 0 Å². The van der Waals surface area contributed by atoms with Gasteiger partial charge < -0.3 is 5.32 Å². The summed E-state index contributed by atoms with van der Waals surface area (Å²) >= 11 is 0. The minimum atomic E-state index is -0.0166. The van der Waals surface area contributed by atoms with Gasteiger partial charge in [0.05, 0.1) is 11.2 Å². The molecule has 0 radical (unpaired) electrons. The fraction of sp³-hybridized carbons (Fsp3) is 0.600. The monoisotopic (exact) mass is 259 g/mol. The molecule has 19 heavy (non-hydrogen) atoms. The lowest BCUT2D eigenvalue weighted by Crippen LogP contribution is -2.56. The molecule has 4 heteroatoms. The Bertz CT molecular complexity index is 430. The first-order chi connectivity index (χ1) is 9.31. The van der Waals surface area contributed by atoms with Crippen LogP contribution in [0.15, 0.2) is 24.4 Å². The van der Waals surface area contributed by atoms with E-state index in [0.717, 1.165) is 44.7 Å². The fourth-order valence-electron chi connectivity index (χ4n) is 3.41. The number of piperazine rings is 1. The van der Waals surface area contributed by atoms with Gasteiger partial charge >= 0.3 is 0 Å². The average Bonchev–Trinajstić information content (AvgIpc) is 2.50. The Labute approximate surface area is 114 Å². The van der Waals surface area contributed by atoms with Gasteiger partial charge in [0.25, 0.3) is 0 Å². The summed E-state index contributed by atoms with van der Waals surface area (Å²) in [6.45, 7) is 4.15. The number of hydrogen-bond acceptors (Lipinski definition) is 4. The largest absolute Gasteiger partial charge is 0.314 e. The van der Waals surface area contributed by atoms with Crippen LogP contribution in [0, 0.1) is 0 Å². The summed E-state index contributed by atoms with van der Waals surface area (Å²) in [7, 11) is 0. The van der Waals surface area contributed by atoms with Gasteiger partial charge in [0.15, 0.2) is 0 Å². The third-order valence-corrected chi connectivity index (χ3v) is 4.50. The van der Waals surface area contributed by atoms with E-state index in [-0.39, 0.29) is 5.54 Å². The molecule has 1 aliphatic heterocycles. The molecule has 1 saturated heterocycles. The van der Waals surface area contributed by atoms with Gasteiger partial charge in [0.2, 0.25) is 0 Å². The van der Waals surface area contributed by atoms with Gasteiger partial charge in [-0.2, -0.15) is 0 Å². The number of hydrogen-bond donors (Lipinski definition) is 1. The number of nitrogens with zero attached hydrogens (tertiary/aromatic N) is 2. The number of pyridine rings is 1. The molecule has 1 aromatic heterocycles. The number of nitrogens with one attached hydrogen (secondary N) is 1. The summed E-state index contributed by atoms with van der Waals surface area (Å²) in [5, 5.41) is 3.40. The Hall–Kier alpha value is -1.26. The molecule has 4 nitrogen and oxygen atoms in total. The molecule has 0 spiro atoms. The predicted octanol–water partition coefficient (Wildman–Crippen LogP) is 1.33. The summed E-state index contributed by atoms with van der Waals surface area (Å²) in [5.74, 6) is 0.404. The minimum Gasteiger partial charge on any atom is -0.314 e. The van der Waals surface area contributed by atoms with E-state index in [2.05, 4.69) is 27.3 Å². The molecule has 102 valence electrons. The first-order valence-corrected chi connectivity index (χ1v) is 7.20. The van der Waals surface area contributed by atoms with E-state index < -0.39 is 0 Å². The van der Waals surface area contributed by atoms with Crippen molar-refractivity contribution in [1.82, 2.24) is 15.2 Å². The molecule has 1 N–H and O–H groups in total. The molecular weight excluding hydrogens is 238 g/mol. The van der Waals surface area contributed by atoms with Gasteiger partial charge in [-0.3, -0.25) is 14.7 Å². The molecule has 3 rings (SSSR count). The van der Waals surface area contributed by atoms with E-state index in [0.29, 0.717) is 18.6 Å². The van der Waals surface area contributed by atoms with Crippen LogP contribution in [0.3, 0.4) is 0 Å². The zero-order valence-electron chi connectivity index (χ0n) is 11.3. The molecule has 1 aliphatic carbocycles. The second kappa shape index (κ2) is 5.39. The highest BCUT2D eigenvalue weighted by Gasteiger charge is 2.42. The van der Waals surface area contributed by atoms with Gasteiger partial charge in [0, 0.05) is 45.2 Å². The number of aromatic nitrogens is 1. The Kier molecular flexibility index (Phi) is 3.62. The first kappa shape index (κ1) is 12.8. The standard InChI is InChI=1S/C15H21N3O/c19-13-4-6-15(7-5-13,14-3-1-2-8-17-14)18-11-9-16-10-12-18/h1-3,8,16H,4-7,9-12H2. The summed E-state index contributed by atoms with van der Waals surface area (Å²) in [4.78, 5) is 18.8. The van der Waals surface area contributed by atoms with Gasteiger partial charge in [-0.05, 0) is 25.0 Å². The highest BCUT2D eigenvalue weighted by molar-refractivity contribution is 5.79. The van der Waals surface area contributed by atoms with Crippen molar-refractivity contribution in [2.75, 3.05) is 26.2 Å². The van der Waals surface area contributed by atoms with Crippen LogP contribution in [0.1, 0.15) is 31.4 Å². The van der Waals surface area contributed by atoms with Crippen LogP contribution in [-0.4, -0.2) is 41.8 Å². The van der Waals surface area contributed by atoms with Crippen LogP contribution in [0.2, 0.25) is 0 Å². The number of rotatable bonds is 2. The number of carbonyl (C=O) groups is 1. The van der Waals surface area contributed by atoms with Crippen molar-refractivity contribution in [2.45, 2.75) is 31.2 Å². The van der Waals surface area contributed by atoms with Crippen molar-refractivity contribution in [3.63, 3.8) is 0 Å². The van der Waals surface area contributed by atoms with Gasteiger partial charge in [-0.25, -0.2) is 0 Å². The lowest BCUT2D eigenvalue weighted by molar-refractivity contribution is -0.123. The van der Waals surface area contributed by atoms with Gasteiger partial charge in [0.1, 0.15) is 5.78 Å². The van der Waals surface area contributed by atoms with E-state index in [9.17, 15) is 4.79 Å². The lowest BCUT2D eigenvalue weighted by atomic mass is 9.76. The van der Waals surface area contributed by atoms with Crippen LogP contribution in [0.5, 0.6) is 0 Å². The molecule has 0 unspecified atom stereocenters. The molecule has 1 saturated carbocycles. The summed E-state index contributed by atoms with van der Waals surface area (Å²) in [6.07, 6.45) is 5.10. The van der Waals surface area contributed by atoms with Crippen molar-refractivity contribution >= 4 is 5.78 Å². The van der Waals surface area contributed by atoms with Gasteiger partial charge in [-0.15, -0.1) is 0 Å². The molecule has 2 aliphatic rings. The van der Waals surface area contributed by atoms with Crippen LogP contribution >= 0.6 is 0 Å². The van der Waals surface area contributed by atoms with E-state index in [1.807, 2.05) is 12.3 Å². The number of carbonyl (C=O) groups excluding carboxylic acids is 1. The quantitative estimate of drug-likeness (QED) is 0.870. The van der Waals surface area contributed by atoms with Crippen molar-refractivity contribution in [3.8, 4) is 0 Å². The van der Waals surface area contributed by atoms with Crippen molar-refractivity contribution in [1.29, 1.82) is 0 Å². The molecule has 0 bridgehead atoms. The van der Waals surface area contributed by atoms with Crippen molar-refractivity contribution in [3.05, 3.63) is 30.1 Å². The Balaban J connectivity index is 1.93. The van der Waals surface area contributed by atoms with Crippen LogP contribution in [-0.2, 0) is 10.3 Å². The molecule has 0 atom stereocenters. The highest BCUT2D eigenvalue weighted by Crippen LogP contribution is 2.40.